The quantitative estimate of drug-likeness (QED) is 0.433. The highest BCUT2D eigenvalue weighted by Crippen LogP contribution is 2.37. The Morgan fingerprint density at radius 3 is 2.10 bits per heavy atom. The monoisotopic (exact) mass is 446 g/mol. The maximum absolute atomic E-state index is 12.9. The summed E-state index contributed by atoms with van der Waals surface area (Å²) < 4.78 is 80.1. The Hall–Kier alpha value is -2.41. The minimum absolute atomic E-state index is 0.794. The molecule has 0 aromatic carbocycles. The van der Waals surface area contributed by atoms with Gasteiger partial charge in [-0.2, -0.15) is 13.2 Å². The Kier molecular flexibility index (Phi) is 6.67. The summed E-state index contributed by atoms with van der Waals surface area (Å²) in [4.78, 5) is 46.7. The first-order chi connectivity index (χ1) is 15.2. The summed E-state index contributed by atoms with van der Waals surface area (Å²) in [6, 6.07) is -2.16. The van der Waals surface area contributed by atoms with E-state index in [4.69, 9.17) is 23.1 Å². The fourth-order valence-electron chi connectivity index (χ4n) is 2.81. The Bertz CT molecular complexity index is 740. The number of ether oxygens (including phenoxy) is 4. The minimum Gasteiger partial charge on any atom is -0.463 e. The van der Waals surface area contributed by atoms with Crippen molar-refractivity contribution in [1.82, 2.24) is 5.32 Å². The van der Waals surface area contributed by atoms with Gasteiger partial charge in [-0.3, -0.25) is 19.2 Å². The number of rotatable bonds is 6. The molecule has 13 heteroatoms. The molecule has 0 bridgehead atoms. The molecule has 0 saturated carbocycles. The Labute approximate surface area is 174 Å². The number of carbonyl (C=O) groups excluding carboxylic acids is 4. The van der Waals surface area contributed by atoms with Gasteiger partial charge >= 0.3 is 30.0 Å². The van der Waals surface area contributed by atoms with Crippen LogP contribution >= 0.6 is 0 Å². The number of halogens is 3. The first kappa shape index (κ1) is 20.8. The van der Waals surface area contributed by atoms with Crippen molar-refractivity contribution in [1.29, 1.82) is 0 Å². The average molecular weight is 446 g/mol. The maximum atomic E-state index is 12.9. The number of hydrogen-bond donors (Lipinski definition) is 2. The lowest BCUT2D eigenvalue weighted by Crippen LogP contribution is -2.73. The number of aliphatic hydroxyl groups is 1. The zero-order valence-electron chi connectivity index (χ0n) is 19.1. The van der Waals surface area contributed by atoms with Gasteiger partial charge in [-0.1, -0.05) is 13.8 Å². The van der Waals surface area contributed by atoms with Gasteiger partial charge in [0.15, 0.2) is 18.0 Å². The van der Waals surface area contributed by atoms with Crippen LogP contribution in [0.1, 0.15) is 38.7 Å². The first-order valence-electron chi connectivity index (χ1n) is 10.5. The lowest BCUT2D eigenvalue weighted by Gasteiger charge is -2.51. The highest BCUT2D eigenvalue weighted by atomic mass is 19.4. The molecule has 5 atom stereocenters. The molecule has 0 radical (unpaired) electrons. The van der Waals surface area contributed by atoms with Gasteiger partial charge in [0, 0.05) is 30.7 Å². The van der Waals surface area contributed by atoms with Crippen molar-refractivity contribution in [3.8, 4) is 0 Å². The largest absolute Gasteiger partial charge is 0.471 e. The molecule has 1 heterocycles. The van der Waals surface area contributed by atoms with Crippen LogP contribution in [0.2, 0.25) is 0 Å². The van der Waals surface area contributed by atoms with Crippen LogP contribution in [0.4, 0.5) is 13.2 Å². The van der Waals surface area contributed by atoms with E-state index < -0.39 is 93.4 Å². The lowest BCUT2D eigenvalue weighted by atomic mass is 9.83. The van der Waals surface area contributed by atoms with Crippen molar-refractivity contribution >= 4 is 23.8 Å². The normalized spacial score (nSPS) is 30.4. The molecule has 0 aliphatic carbocycles. The van der Waals surface area contributed by atoms with Crippen molar-refractivity contribution in [3.63, 3.8) is 0 Å². The molecule has 2 N–H and O–H groups in total. The maximum Gasteiger partial charge on any atom is 0.471 e. The van der Waals surface area contributed by atoms with Crippen LogP contribution in [-0.2, 0) is 38.1 Å². The molecule has 0 spiro atoms. The third-order valence-electron chi connectivity index (χ3n) is 4.12. The summed E-state index contributed by atoms with van der Waals surface area (Å²) in [6.07, 6.45) is -11.0. The first-order valence-corrected chi connectivity index (χ1v) is 8.41. The van der Waals surface area contributed by atoms with E-state index in [0.29, 0.717) is 0 Å². The fraction of sp³-hybridized carbons (Fsp3) is 0.765. The Morgan fingerprint density at radius 2 is 1.63 bits per heavy atom. The molecule has 1 rings (SSSR count). The summed E-state index contributed by atoms with van der Waals surface area (Å²) in [5.41, 5.74) is 0. The summed E-state index contributed by atoms with van der Waals surface area (Å²) in [6.45, 7) is -1.02. The standard InChI is InChI=1S/C17H24F3NO9/c1-7(2)16(26)14(21-15(25)17(18,19)20)13(29-10(5)24)12(28-9(4)23)11(30-16)6-27-8(3)22/h7,11-14,26H,6H2,1-5H3,(H,21,25)/t11-,12+,13+,14-,16?/m1/s1/i3D,4D,5D. The summed E-state index contributed by atoms with van der Waals surface area (Å²) in [5, 5.41) is 12.6. The molecular formula is C17H24F3NO9. The minimum atomic E-state index is -5.42. The smallest absolute Gasteiger partial charge is 0.463 e. The number of amides is 1. The van der Waals surface area contributed by atoms with E-state index >= 15 is 0 Å². The second-order valence-electron chi connectivity index (χ2n) is 6.60. The fourth-order valence-corrected chi connectivity index (χ4v) is 2.81. The SMILES string of the molecule is [2H]CC(=O)OC[C@H]1OC(O)(C(C)C)[C@H](NC(=O)C(F)(F)F)[C@@H](OC(=O)C[2H])[C@H]1OC(=O)C[2H]. The molecule has 1 amide bonds. The predicted octanol–water partition coefficient (Wildman–Crippen LogP) is 0.203. The van der Waals surface area contributed by atoms with E-state index in [1.54, 1.807) is 0 Å². The van der Waals surface area contributed by atoms with Gasteiger partial charge < -0.3 is 29.4 Å². The molecule has 0 aromatic rings. The van der Waals surface area contributed by atoms with Crippen molar-refractivity contribution in [2.75, 3.05) is 6.61 Å². The van der Waals surface area contributed by atoms with E-state index in [-0.39, 0.29) is 0 Å². The van der Waals surface area contributed by atoms with Crippen LogP contribution in [0.25, 0.3) is 0 Å². The molecule has 10 nitrogen and oxygen atoms in total. The molecule has 1 saturated heterocycles. The molecular weight excluding hydrogens is 419 g/mol. The highest BCUT2D eigenvalue weighted by Gasteiger charge is 2.60. The van der Waals surface area contributed by atoms with Crippen LogP contribution in [0.5, 0.6) is 0 Å². The Balaban J connectivity index is 3.56. The van der Waals surface area contributed by atoms with Gasteiger partial charge in [0.05, 0.1) is 0 Å². The van der Waals surface area contributed by atoms with Gasteiger partial charge in [0.1, 0.15) is 18.8 Å². The van der Waals surface area contributed by atoms with Gasteiger partial charge in [-0.15, -0.1) is 0 Å². The van der Waals surface area contributed by atoms with Gasteiger partial charge in [0.2, 0.25) is 0 Å². The van der Waals surface area contributed by atoms with Gasteiger partial charge in [-0.05, 0) is 0 Å². The van der Waals surface area contributed by atoms with E-state index in [1.807, 2.05) is 0 Å². The Morgan fingerprint density at radius 1 is 1.10 bits per heavy atom. The molecule has 1 fully saturated rings. The van der Waals surface area contributed by atoms with Gasteiger partial charge in [0.25, 0.3) is 0 Å². The van der Waals surface area contributed by atoms with Crippen LogP contribution in [-0.4, -0.2) is 71.8 Å². The third kappa shape index (κ3) is 6.29. The number of carbonyl (C=O) groups is 4. The summed E-state index contributed by atoms with van der Waals surface area (Å²) >= 11 is 0. The van der Waals surface area contributed by atoms with Crippen LogP contribution in [0.15, 0.2) is 0 Å². The van der Waals surface area contributed by atoms with Crippen molar-refractivity contribution in [3.05, 3.63) is 0 Å². The average Bonchev–Trinajstić information content (AvgIpc) is 2.74. The van der Waals surface area contributed by atoms with Crippen LogP contribution in [0.3, 0.4) is 0 Å². The number of nitrogens with one attached hydrogen (secondary N) is 1. The number of esters is 3. The molecule has 1 aliphatic rings. The lowest BCUT2D eigenvalue weighted by molar-refractivity contribution is -0.337. The highest BCUT2D eigenvalue weighted by molar-refractivity contribution is 5.82. The van der Waals surface area contributed by atoms with E-state index in [1.165, 1.54) is 19.2 Å². The predicted molar refractivity (Wildman–Crippen MR) is 90.4 cm³/mol. The third-order valence-corrected chi connectivity index (χ3v) is 4.12. The van der Waals surface area contributed by atoms with Crippen LogP contribution in [0, 0.1) is 5.92 Å². The van der Waals surface area contributed by atoms with Crippen molar-refractivity contribution < 1.29 is 60.5 Å². The second kappa shape index (κ2) is 9.60. The zero-order valence-corrected chi connectivity index (χ0v) is 16.1. The van der Waals surface area contributed by atoms with Gasteiger partial charge in [-0.25, -0.2) is 0 Å². The topological polar surface area (TPSA) is 137 Å². The molecule has 30 heavy (non-hydrogen) atoms. The van der Waals surface area contributed by atoms with Crippen LogP contribution < -0.4 is 5.32 Å². The molecule has 0 aromatic heterocycles. The van der Waals surface area contributed by atoms with Crippen molar-refractivity contribution in [2.24, 2.45) is 5.92 Å². The van der Waals surface area contributed by atoms with E-state index in [0.717, 1.165) is 0 Å². The zero-order chi connectivity index (χ0) is 25.6. The second-order valence-corrected chi connectivity index (χ2v) is 6.60. The molecule has 1 aliphatic heterocycles. The van der Waals surface area contributed by atoms with E-state index in [2.05, 4.69) is 0 Å². The van der Waals surface area contributed by atoms with E-state index in [9.17, 15) is 37.5 Å². The number of alkyl halides is 3. The summed E-state index contributed by atoms with van der Waals surface area (Å²) in [5.74, 6) is -9.90. The molecule has 1 unspecified atom stereocenters. The van der Waals surface area contributed by atoms with Crippen molar-refractivity contribution in [2.45, 2.75) is 70.9 Å². The summed E-state index contributed by atoms with van der Waals surface area (Å²) in [7, 11) is 0. The number of hydrogen-bond acceptors (Lipinski definition) is 9. The molecule has 172 valence electrons.